The number of Topliss-reactive ketones (excluding diaryl/α,β-unsaturated/α-hetero) is 1. The van der Waals surface area contributed by atoms with Gasteiger partial charge in [0.1, 0.15) is 5.78 Å². The largest absolute Gasteiger partial charge is 0.300 e. The quantitative estimate of drug-likeness (QED) is 0.668. The molecular formula is C13H12O3. The van der Waals surface area contributed by atoms with E-state index in [4.69, 9.17) is 0 Å². The number of hydrogen-bond donors (Lipinski definition) is 0. The van der Waals surface area contributed by atoms with E-state index in [0.717, 1.165) is 0 Å². The minimum atomic E-state index is -0.0924. The zero-order valence-corrected chi connectivity index (χ0v) is 9.19. The summed E-state index contributed by atoms with van der Waals surface area (Å²) < 4.78 is 0. The molecule has 0 spiro atoms. The molecule has 1 aromatic carbocycles. The molecule has 0 heterocycles. The number of ketones is 3. The van der Waals surface area contributed by atoms with Gasteiger partial charge in [-0.15, -0.1) is 0 Å². The van der Waals surface area contributed by atoms with Crippen LogP contribution in [0.5, 0.6) is 0 Å². The van der Waals surface area contributed by atoms with Gasteiger partial charge in [0.2, 0.25) is 0 Å². The number of benzene rings is 1. The molecule has 3 nitrogen and oxygen atoms in total. The lowest BCUT2D eigenvalue weighted by molar-refractivity contribution is -0.115. The van der Waals surface area contributed by atoms with E-state index >= 15 is 0 Å². The Morgan fingerprint density at radius 2 is 1.19 bits per heavy atom. The lowest BCUT2D eigenvalue weighted by atomic mass is 9.95. The minimum Gasteiger partial charge on any atom is -0.300 e. The Morgan fingerprint density at radius 3 is 1.50 bits per heavy atom. The van der Waals surface area contributed by atoms with Crippen LogP contribution in [-0.2, 0) is 4.79 Å². The fourth-order valence-electron chi connectivity index (χ4n) is 1.24. The molecule has 0 saturated heterocycles. The normalized spacial score (nSPS) is 12.6. The van der Waals surface area contributed by atoms with E-state index in [2.05, 4.69) is 0 Å². The molecule has 0 unspecified atom stereocenters. The van der Waals surface area contributed by atoms with E-state index in [1.54, 1.807) is 24.3 Å². The average molecular weight is 216 g/mol. The number of fused-ring (bicyclic) bond motifs is 1. The standard InChI is InChI=1S/C10H6O2.C3H6O/c11-9-5-6-10(12)8-4-2-1-3-7(8)9;1-3(2)4/h1-6H;1-2H3. The minimum absolute atomic E-state index is 0.0924. The number of allylic oxidation sites excluding steroid dienone is 2. The van der Waals surface area contributed by atoms with Crippen molar-refractivity contribution in [3.8, 4) is 0 Å². The highest BCUT2D eigenvalue weighted by atomic mass is 16.1. The fraction of sp³-hybridized carbons (Fsp3) is 0.154. The van der Waals surface area contributed by atoms with Crippen molar-refractivity contribution < 1.29 is 14.4 Å². The predicted molar refractivity (Wildman–Crippen MR) is 60.6 cm³/mol. The van der Waals surface area contributed by atoms with E-state index in [0.29, 0.717) is 11.1 Å². The first kappa shape index (κ1) is 12.0. The van der Waals surface area contributed by atoms with Gasteiger partial charge < -0.3 is 4.79 Å². The molecule has 0 atom stereocenters. The molecule has 0 N–H and O–H groups in total. The fourth-order valence-corrected chi connectivity index (χ4v) is 1.24. The van der Waals surface area contributed by atoms with Crippen LogP contribution in [0.1, 0.15) is 34.6 Å². The SMILES string of the molecule is CC(C)=O.O=C1C=CC(=O)c2ccccc21. The van der Waals surface area contributed by atoms with E-state index in [1.165, 1.54) is 26.0 Å². The Balaban J connectivity index is 0.000000280. The Morgan fingerprint density at radius 1 is 0.875 bits per heavy atom. The van der Waals surface area contributed by atoms with E-state index in [-0.39, 0.29) is 17.3 Å². The Hall–Kier alpha value is -2.03. The molecule has 0 saturated carbocycles. The topological polar surface area (TPSA) is 51.2 Å². The molecule has 0 aliphatic heterocycles. The molecule has 1 aliphatic carbocycles. The van der Waals surface area contributed by atoms with Gasteiger partial charge in [0.05, 0.1) is 0 Å². The van der Waals surface area contributed by atoms with Crippen molar-refractivity contribution in [2.45, 2.75) is 13.8 Å². The van der Waals surface area contributed by atoms with Gasteiger partial charge >= 0.3 is 0 Å². The van der Waals surface area contributed by atoms with Gasteiger partial charge in [-0.25, -0.2) is 0 Å². The molecule has 0 amide bonds. The van der Waals surface area contributed by atoms with Gasteiger partial charge in [0.25, 0.3) is 0 Å². The summed E-state index contributed by atoms with van der Waals surface area (Å²) in [5.41, 5.74) is 1.01. The zero-order chi connectivity index (χ0) is 12.1. The van der Waals surface area contributed by atoms with Crippen molar-refractivity contribution >= 4 is 17.3 Å². The number of carbonyl (C=O) groups excluding carboxylic acids is 3. The maximum absolute atomic E-state index is 11.2. The molecular weight excluding hydrogens is 204 g/mol. The molecule has 1 aromatic rings. The van der Waals surface area contributed by atoms with Crippen molar-refractivity contribution in [2.75, 3.05) is 0 Å². The maximum atomic E-state index is 11.2. The van der Waals surface area contributed by atoms with Gasteiger partial charge in [0, 0.05) is 11.1 Å². The van der Waals surface area contributed by atoms with Crippen molar-refractivity contribution in [1.29, 1.82) is 0 Å². The molecule has 0 aromatic heterocycles. The van der Waals surface area contributed by atoms with Crippen LogP contribution >= 0.6 is 0 Å². The lowest BCUT2D eigenvalue weighted by Gasteiger charge is -2.06. The molecule has 0 radical (unpaired) electrons. The number of hydrogen-bond acceptors (Lipinski definition) is 3. The molecule has 0 fully saturated rings. The van der Waals surface area contributed by atoms with E-state index in [1.807, 2.05) is 0 Å². The van der Waals surface area contributed by atoms with E-state index in [9.17, 15) is 14.4 Å². The summed E-state index contributed by atoms with van der Waals surface area (Å²) in [6, 6.07) is 6.84. The second kappa shape index (κ2) is 5.16. The summed E-state index contributed by atoms with van der Waals surface area (Å²) >= 11 is 0. The Labute approximate surface area is 93.8 Å². The molecule has 2 rings (SSSR count). The highest BCUT2D eigenvalue weighted by Gasteiger charge is 2.16. The van der Waals surface area contributed by atoms with Gasteiger partial charge in [-0.05, 0) is 26.0 Å². The monoisotopic (exact) mass is 216 g/mol. The third-order valence-corrected chi connectivity index (χ3v) is 1.84. The summed E-state index contributed by atoms with van der Waals surface area (Å²) in [6.45, 7) is 3.06. The van der Waals surface area contributed by atoms with Crippen molar-refractivity contribution in [3.05, 3.63) is 47.5 Å². The third kappa shape index (κ3) is 2.98. The smallest absolute Gasteiger partial charge is 0.186 e. The Bertz CT molecular complexity index is 429. The average Bonchev–Trinajstić information content (AvgIpc) is 2.23. The highest BCUT2D eigenvalue weighted by Crippen LogP contribution is 2.15. The van der Waals surface area contributed by atoms with Crippen LogP contribution < -0.4 is 0 Å². The summed E-state index contributed by atoms with van der Waals surface area (Å²) in [6.07, 6.45) is 2.62. The molecule has 82 valence electrons. The van der Waals surface area contributed by atoms with Crippen LogP contribution in [0.25, 0.3) is 0 Å². The van der Waals surface area contributed by atoms with Crippen molar-refractivity contribution in [3.63, 3.8) is 0 Å². The van der Waals surface area contributed by atoms with E-state index < -0.39 is 0 Å². The summed E-state index contributed by atoms with van der Waals surface area (Å²) in [5, 5.41) is 0. The van der Waals surface area contributed by atoms with Crippen LogP contribution in [0.2, 0.25) is 0 Å². The van der Waals surface area contributed by atoms with Crippen molar-refractivity contribution in [2.24, 2.45) is 0 Å². The summed E-state index contributed by atoms with van der Waals surface area (Å²) in [4.78, 5) is 31.8. The second-order valence-electron chi connectivity index (χ2n) is 3.52. The van der Waals surface area contributed by atoms with Crippen LogP contribution in [-0.4, -0.2) is 17.3 Å². The maximum Gasteiger partial charge on any atom is 0.186 e. The number of carbonyl (C=O) groups is 3. The third-order valence-electron chi connectivity index (χ3n) is 1.84. The first-order valence-corrected chi connectivity index (χ1v) is 4.85. The molecule has 0 bridgehead atoms. The number of rotatable bonds is 0. The first-order valence-electron chi connectivity index (χ1n) is 4.85. The van der Waals surface area contributed by atoms with Gasteiger partial charge in [-0.2, -0.15) is 0 Å². The van der Waals surface area contributed by atoms with Crippen LogP contribution in [0.15, 0.2) is 36.4 Å². The van der Waals surface area contributed by atoms with Crippen molar-refractivity contribution in [1.82, 2.24) is 0 Å². The predicted octanol–water partition coefficient (Wildman–Crippen LogP) is 2.22. The van der Waals surface area contributed by atoms with Crippen LogP contribution in [0.3, 0.4) is 0 Å². The van der Waals surface area contributed by atoms with Gasteiger partial charge in [0.15, 0.2) is 11.6 Å². The van der Waals surface area contributed by atoms with Gasteiger partial charge in [-0.1, -0.05) is 24.3 Å². The lowest BCUT2D eigenvalue weighted by Crippen LogP contribution is -2.10. The van der Waals surface area contributed by atoms with Crippen LogP contribution in [0, 0.1) is 0 Å². The first-order chi connectivity index (χ1) is 7.52. The zero-order valence-electron chi connectivity index (χ0n) is 9.19. The molecule has 3 heteroatoms. The van der Waals surface area contributed by atoms with Gasteiger partial charge in [-0.3, -0.25) is 9.59 Å². The Kier molecular flexibility index (Phi) is 3.89. The highest BCUT2D eigenvalue weighted by molar-refractivity contribution is 6.21. The second-order valence-corrected chi connectivity index (χ2v) is 3.52. The van der Waals surface area contributed by atoms with Crippen LogP contribution in [0.4, 0.5) is 0 Å². The molecule has 16 heavy (non-hydrogen) atoms. The molecule has 1 aliphatic rings. The summed E-state index contributed by atoms with van der Waals surface area (Å²) in [5.74, 6) is -0.0181. The summed E-state index contributed by atoms with van der Waals surface area (Å²) in [7, 11) is 0.